The number of nitrogens with zero attached hydrogens (tertiary/aromatic N) is 2. The van der Waals surface area contributed by atoms with Crippen molar-refractivity contribution in [3.8, 4) is 11.5 Å². The molecule has 0 aliphatic heterocycles. The lowest BCUT2D eigenvalue weighted by Gasteiger charge is -1.99. The highest BCUT2D eigenvalue weighted by atomic mass is 16.5. The van der Waals surface area contributed by atoms with Crippen LogP contribution in [0.3, 0.4) is 0 Å². The van der Waals surface area contributed by atoms with E-state index in [9.17, 15) is 4.79 Å². The summed E-state index contributed by atoms with van der Waals surface area (Å²) >= 11 is 0. The third kappa shape index (κ3) is 2.26. The SMILES string of the molecule is CCC(N)c1noc(-c2c[nH]c(C)cc2=O)n1. The van der Waals surface area contributed by atoms with Gasteiger partial charge >= 0.3 is 0 Å². The first kappa shape index (κ1) is 11.5. The van der Waals surface area contributed by atoms with Gasteiger partial charge in [0, 0.05) is 18.0 Å². The quantitative estimate of drug-likeness (QED) is 0.829. The summed E-state index contributed by atoms with van der Waals surface area (Å²) in [5.41, 5.74) is 6.77. The van der Waals surface area contributed by atoms with E-state index >= 15 is 0 Å². The molecule has 0 aliphatic rings. The standard InChI is InChI=1S/C11H14N4O2/c1-3-8(12)10-14-11(17-15-10)7-5-13-6(2)4-9(7)16/h4-5,8H,3,12H2,1-2H3,(H,13,16). The van der Waals surface area contributed by atoms with Crippen molar-refractivity contribution in [2.75, 3.05) is 0 Å². The first-order valence-electron chi connectivity index (χ1n) is 5.40. The first-order valence-corrected chi connectivity index (χ1v) is 5.40. The Balaban J connectivity index is 2.40. The Morgan fingerprint density at radius 2 is 2.35 bits per heavy atom. The highest BCUT2D eigenvalue weighted by Gasteiger charge is 2.15. The number of aryl methyl sites for hydroxylation is 1. The van der Waals surface area contributed by atoms with Crippen LogP contribution in [0.5, 0.6) is 0 Å². The molecule has 0 fully saturated rings. The van der Waals surface area contributed by atoms with Gasteiger partial charge in [-0.25, -0.2) is 0 Å². The fraction of sp³-hybridized carbons (Fsp3) is 0.364. The van der Waals surface area contributed by atoms with Gasteiger partial charge in [-0.05, 0) is 13.3 Å². The number of rotatable bonds is 3. The second-order valence-electron chi connectivity index (χ2n) is 3.87. The molecule has 90 valence electrons. The van der Waals surface area contributed by atoms with Crippen molar-refractivity contribution in [2.45, 2.75) is 26.3 Å². The molecule has 0 spiro atoms. The molecule has 0 aromatic carbocycles. The van der Waals surface area contributed by atoms with Gasteiger partial charge in [0.1, 0.15) is 5.56 Å². The molecule has 0 amide bonds. The second kappa shape index (κ2) is 4.50. The normalized spacial score (nSPS) is 12.6. The summed E-state index contributed by atoms with van der Waals surface area (Å²) in [6.45, 7) is 3.73. The van der Waals surface area contributed by atoms with Gasteiger partial charge in [0.2, 0.25) is 0 Å². The molecule has 0 saturated carbocycles. The van der Waals surface area contributed by atoms with Crippen LogP contribution in [-0.2, 0) is 0 Å². The molecule has 2 aromatic heterocycles. The maximum Gasteiger partial charge on any atom is 0.263 e. The van der Waals surface area contributed by atoms with Crippen LogP contribution in [0.1, 0.15) is 30.9 Å². The summed E-state index contributed by atoms with van der Waals surface area (Å²) in [4.78, 5) is 18.8. The van der Waals surface area contributed by atoms with Crippen molar-refractivity contribution < 1.29 is 4.52 Å². The third-order valence-corrected chi connectivity index (χ3v) is 2.50. The zero-order chi connectivity index (χ0) is 12.4. The summed E-state index contributed by atoms with van der Waals surface area (Å²) in [5, 5.41) is 3.76. The number of nitrogens with one attached hydrogen (secondary N) is 1. The molecule has 0 aliphatic carbocycles. The minimum atomic E-state index is -0.267. The van der Waals surface area contributed by atoms with Crippen molar-refractivity contribution in [1.82, 2.24) is 15.1 Å². The van der Waals surface area contributed by atoms with Crippen LogP contribution >= 0.6 is 0 Å². The maximum absolute atomic E-state index is 11.7. The molecule has 0 radical (unpaired) electrons. The van der Waals surface area contributed by atoms with Crippen LogP contribution in [0.4, 0.5) is 0 Å². The van der Waals surface area contributed by atoms with Crippen molar-refractivity contribution in [1.29, 1.82) is 0 Å². The Labute approximate surface area is 97.9 Å². The zero-order valence-electron chi connectivity index (χ0n) is 9.73. The molecule has 1 unspecified atom stereocenters. The summed E-state index contributed by atoms with van der Waals surface area (Å²) in [6, 6.07) is 1.22. The molecule has 6 nitrogen and oxygen atoms in total. The van der Waals surface area contributed by atoms with Gasteiger partial charge in [0.15, 0.2) is 11.3 Å². The number of pyridine rings is 1. The monoisotopic (exact) mass is 234 g/mol. The number of hydrogen-bond acceptors (Lipinski definition) is 5. The van der Waals surface area contributed by atoms with Crippen LogP contribution < -0.4 is 11.2 Å². The molecule has 0 saturated heterocycles. The van der Waals surface area contributed by atoms with E-state index in [1.54, 1.807) is 13.1 Å². The van der Waals surface area contributed by atoms with E-state index in [4.69, 9.17) is 10.3 Å². The summed E-state index contributed by atoms with van der Waals surface area (Å²) in [6.07, 6.45) is 2.27. The van der Waals surface area contributed by atoms with Gasteiger partial charge < -0.3 is 15.2 Å². The van der Waals surface area contributed by atoms with Crippen LogP contribution in [0.25, 0.3) is 11.5 Å². The number of aromatic amines is 1. The fourth-order valence-electron chi connectivity index (χ4n) is 1.42. The topological polar surface area (TPSA) is 97.8 Å². The van der Waals surface area contributed by atoms with E-state index in [0.717, 1.165) is 5.69 Å². The van der Waals surface area contributed by atoms with Crippen LogP contribution in [0, 0.1) is 6.92 Å². The Hall–Kier alpha value is -1.95. The van der Waals surface area contributed by atoms with Gasteiger partial charge in [-0.15, -0.1) is 0 Å². The molecule has 3 N–H and O–H groups in total. The molecule has 2 rings (SSSR count). The summed E-state index contributed by atoms with van der Waals surface area (Å²) in [7, 11) is 0. The molecule has 2 aromatic rings. The maximum atomic E-state index is 11.7. The lowest BCUT2D eigenvalue weighted by atomic mass is 10.2. The van der Waals surface area contributed by atoms with Crippen molar-refractivity contribution >= 4 is 0 Å². The average Bonchev–Trinajstić information content (AvgIpc) is 2.77. The van der Waals surface area contributed by atoms with Gasteiger partial charge in [-0.2, -0.15) is 4.98 Å². The minimum absolute atomic E-state index is 0.151. The Morgan fingerprint density at radius 3 is 3.00 bits per heavy atom. The smallest absolute Gasteiger partial charge is 0.263 e. The molecule has 1 atom stereocenters. The van der Waals surface area contributed by atoms with E-state index in [0.29, 0.717) is 17.8 Å². The molecule has 6 heteroatoms. The Morgan fingerprint density at radius 1 is 1.59 bits per heavy atom. The van der Waals surface area contributed by atoms with E-state index in [2.05, 4.69) is 15.1 Å². The van der Waals surface area contributed by atoms with Crippen molar-refractivity contribution in [2.24, 2.45) is 5.73 Å². The second-order valence-corrected chi connectivity index (χ2v) is 3.87. The first-order chi connectivity index (χ1) is 8.11. The Bertz CT molecular complexity index is 573. The third-order valence-electron chi connectivity index (χ3n) is 2.50. The largest absolute Gasteiger partial charge is 0.364 e. The lowest BCUT2D eigenvalue weighted by Crippen LogP contribution is -2.10. The molecule has 0 bridgehead atoms. The van der Waals surface area contributed by atoms with Gasteiger partial charge in [-0.3, -0.25) is 4.79 Å². The van der Waals surface area contributed by atoms with E-state index < -0.39 is 0 Å². The number of hydrogen-bond donors (Lipinski definition) is 2. The summed E-state index contributed by atoms with van der Waals surface area (Å²) in [5.74, 6) is 0.618. The van der Waals surface area contributed by atoms with Gasteiger partial charge in [0.05, 0.1) is 6.04 Å². The Kier molecular flexibility index (Phi) is 3.06. The van der Waals surface area contributed by atoms with Crippen LogP contribution in [0.15, 0.2) is 21.6 Å². The van der Waals surface area contributed by atoms with Crippen LogP contribution in [-0.4, -0.2) is 15.1 Å². The molecular formula is C11H14N4O2. The zero-order valence-corrected chi connectivity index (χ0v) is 9.73. The predicted octanol–water partition coefficient (Wildman–Crippen LogP) is 1.14. The molecule has 17 heavy (non-hydrogen) atoms. The minimum Gasteiger partial charge on any atom is -0.364 e. The van der Waals surface area contributed by atoms with Gasteiger partial charge in [-0.1, -0.05) is 12.1 Å². The van der Waals surface area contributed by atoms with E-state index in [1.165, 1.54) is 6.07 Å². The van der Waals surface area contributed by atoms with Crippen molar-refractivity contribution in [3.05, 3.63) is 34.0 Å². The highest BCUT2D eigenvalue weighted by Crippen LogP contribution is 2.16. The molecule has 2 heterocycles. The number of aromatic nitrogens is 3. The highest BCUT2D eigenvalue weighted by molar-refractivity contribution is 5.50. The van der Waals surface area contributed by atoms with Crippen LogP contribution in [0.2, 0.25) is 0 Å². The number of H-pyrrole nitrogens is 1. The average molecular weight is 234 g/mol. The van der Waals surface area contributed by atoms with E-state index in [-0.39, 0.29) is 17.4 Å². The van der Waals surface area contributed by atoms with E-state index in [1.807, 2.05) is 6.92 Å². The fourth-order valence-corrected chi connectivity index (χ4v) is 1.42. The van der Waals surface area contributed by atoms with Crippen molar-refractivity contribution in [3.63, 3.8) is 0 Å². The summed E-state index contributed by atoms with van der Waals surface area (Å²) < 4.78 is 5.03. The van der Waals surface area contributed by atoms with Gasteiger partial charge in [0.25, 0.3) is 5.89 Å². The predicted molar refractivity (Wildman–Crippen MR) is 62.3 cm³/mol. The number of nitrogens with two attached hydrogens (primary N) is 1. The molecular weight excluding hydrogens is 220 g/mol. The lowest BCUT2D eigenvalue weighted by molar-refractivity contribution is 0.414.